The molecule has 0 aliphatic carbocycles. The van der Waals surface area contributed by atoms with Crippen molar-refractivity contribution in [2.24, 2.45) is 0 Å². The number of nitrogens with one attached hydrogen (secondary N) is 2. The van der Waals surface area contributed by atoms with Crippen LogP contribution < -0.4 is 15.4 Å². The van der Waals surface area contributed by atoms with E-state index in [-0.39, 0.29) is 5.91 Å². The number of hydrogen-bond acceptors (Lipinski definition) is 5. The SMILES string of the molecule is COc1ccc(CNc2ccc3nc(C)c(C(=O)Nc4ccccc4)n3n2)cc1. The van der Waals surface area contributed by atoms with Crippen LogP contribution in [0.25, 0.3) is 5.65 Å². The highest BCUT2D eigenvalue weighted by molar-refractivity contribution is 6.04. The fourth-order valence-electron chi connectivity index (χ4n) is 3.05. The number of fused-ring (bicyclic) bond motifs is 1. The zero-order chi connectivity index (χ0) is 20.2. The maximum atomic E-state index is 12.8. The molecule has 0 bridgehead atoms. The van der Waals surface area contributed by atoms with Gasteiger partial charge in [0, 0.05) is 12.2 Å². The van der Waals surface area contributed by atoms with Crippen molar-refractivity contribution in [1.82, 2.24) is 14.6 Å². The van der Waals surface area contributed by atoms with Crippen LogP contribution in [0, 0.1) is 6.92 Å². The molecule has 4 rings (SSSR count). The molecule has 0 aliphatic rings. The van der Waals surface area contributed by atoms with Crippen molar-refractivity contribution in [3.63, 3.8) is 0 Å². The standard InChI is InChI=1S/C22H21N5O2/c1-15-21(22(28)25-17-6-4-3-5-7-17)27-20(24-15)13-12-19(26-27)23-14-16-8-10-18(29-2)11-9-16/h3-13H,14H2,1-2H3,(H,23,26)(H,25,28). The summed E-state index contributed by atoms with van der Waals surface area (Å²) >= 11 is 0. The Hall–Kier alpha value is -3.87. The first-order valence-electron chi connectivity index (χ1n) is 9.23. The molecule has 2 heterocycles. The number of carbonyl (C=O) groups is 1. The fourth-order valence-corrected chi connectivity index (χ4v) is 3.05. The van der Waals surface area contributed by atoms with Crippen molar-refractivity contribution >= 4 is 23.1 Å². The van der Waals surface area contributed by atoms with E-state index in [0.29, 0.717) is 29.4 Å². The molecular weight excluding hydrogens is 366 g/mol. The molecule has 7 heteroatoms. The maximum Gasteiger partial charge on any atom is 0.276 e. The Labute approximate surface area is 168 Å². The number of para-hydroxylation sites is 1. The summed E-state index contributed by atoms with van der Waals surface area (Å²) in [6, 6.07) is 20.8. The van der Waals surface area contributed by atoms with Crippen molar-refractivity contribution in [2.75, 3.05) is 17.7 Å². The Morgan fingerprint density at radius 3 is 2.52 bits per heavy atom. The zero-order valence-electron chi connectivity index (χ0n) is 16.2. The summed E-state index contributed by atoms with van der Waals surface area (Å²) in [4.78, 5) is 17.3. The summed E-state index contributed by atoms with van der Waals surface area (Å²) in [6.07, 6.45) is 0. The van der Waals surface area contributed by atoms with Gasteiger partial charge in [0.05, 0.1) is 12.8 Å². The number of aromatic nitrogens is 3. The molecule has 7 nitrogen and oxygen atoms in total. The minimum Gasteiger partial charge on any atom is -0.497 e. The van der Waals surface area contributed by atoms with Gasteiger partial charge < -0.3 is 15.4 Å². The van der Waals surface area contributed by atoms with Gasteiger partial charge in [-0.3, -0.25) is 4.79 Å². The van der Waals surface area contributed by atoms with E-state index in [9.17, 15) is 4.79 Å². The molecule has 0 saturated heterocycles. The van der Waals surface area contributed by atoms with Gasteiger partial charge in [0.25, 0.3) is 5.91 Å². The number of ether oxygens (including phenoxy) is 1. The van der Waals surface area contributed by atoms with E-state index in [1.54, 1.807) is 18.5 Å². The van der Waals surface area contributed by atoms with Gasteiger partial charge in [0.15, 0.2) is 11.3 Å². The third-order valence-electron chi connectivity index (χ3n) is 4.53. The van der Waals surface area contributed by atoms with Gasteiger partial charge >= 0.3 is 0 Å². The molecule has 0 radical (unpaired) electrons. The lowest BCUT2D eigenvalue weighted by atomic mass is 10.2. The lowest BCUT2D eigenvalue weighted by molar-refractivity contribution is 0.102. The Morgan fingerprint density at radius 1 is 1.03 bits per heavy atom. The molecule has 2 aromatic carbocycles. The highest BCUT2D eigenvalue weighted by Crippen LogP contribution is 2.17. The quantitative estimate of drug-likeness (QED) is 0.524. The summed E-state index contributed by atoms with van der Waals surface area (Å²) in [5.41, 5.74) is 3.48. The normalized spacial score (nSPS) is 10.7. The minimum absolute atomic E-state index is 0.249. The molecule has 0 aliphatic heterocycles. The number of aryl methyl sites for hydroxylation is 1. The fraction of sp³-hybridized carbons (Fsp3) is 0.136. The van der Waals surface area contributed by atoms with Gasteiger partial charge in [-0.2, -0.15) is 0 Å². The molecule has 146 valence electrons. The molecule has 0 saturated carbocycles. The van der Waals surface area contributed by atoms with E-state index in [4.69, 9.17) is 4.74 Å². The predicted molar refractivity (Wildman–Crippen MR) is 112 cm³/mol. The highest BCUT2D eigenvalue weighted by atomic mass is 16.5. The van der Waals surface area contributed by atoms with Crippen LogP contribution >= 0.6 is 0 Å². The number of rotatable bonds is 6. The molecule has 2 aromatic heterocycles. The van der Waals surface area contributed by atoms with Gasteiger partial charge in [-0.15, -0.1) is 5.10 Å². The molecular formula is C22H21N5O2. The van der Waals surface area contributed by atoms with Gasteiger partial charge in [-0.05, 0) is 48.9 Å². The van der Waals surface area contributed by atoms with Gasteiger partial charge in [-0.25, -0.2) is 9.50 Å². The number of hydrogen-bond donors (Lipinski definition) is 2. The number of benzene rings is 2. The van der Waals surface area contributed by atoms with Crippen molar-refractivity contribution in [3.8, 4) is 5.75 Å². The van der Waals surface area contributed by atoms with Crippen molar-refractivity contribution in [3.05, 3.63) is 83.7 Å². The van der Waals surface area contributed by atoms with Crippen molar-refractivity contribution < 1.29 is 9.53 Å². The summed E-state index contributed by atoms with van der Waals surface area (Å²) < 4.78 is 6.75. The van der Waals surface area contributed by atoms with E-state index < -0.39 is 0 Å². The van der Waals surface area contributed by atoms with Gasteiger partial charge in [-0.1, -0.05) is 30.3 Å². The van der Waals surface area contributed by atoms with Crippen LogP contribution in [0.15, 0.2) is 66.7 Å². The van der Waals surface area contributed by atoms with Crippen LogP contribution in [-0.2, 0) is 6.54 Å². The molecule has 0 spiro atoms. The van der Waals surface area contributed by atoms with Crippen LogP contribution in [-0.4, -0.2) is 27.6 Å². The van der Waals surface area contributed by atoms with Gasteiger partial charge in [0.2, 0.25) is 0 Å². The van der Waals surface area contributed by atoms with Crippen molar-refractivity contribution in [1.29, 1.82) is 0 Å². The van der Waals surface area contributed by atoms with Gasteiger partial charge in [0.1, 0.15) is 11.6 Å². The Bertz CT molecular complexity index is 1140. The van der Waals surface area contributed by atoms with Crippen LogP contribution in [0.3, 0.4) is 0 Å². The van der Waals surface area contributed by atoms with Crippen LogP contribution in [0.1, 0.15) is 21.7 Å². The third kappa shape index (κ3) is 4.03. The number of methoxy groups -OCH3 is 1. The summed E-state index contributed by atoms with van der Waals surface area (Å²) in [7, 11) is 1.64. The summed E-state index contributed by atoms with van der Waals surface area (Å²) in [5.74, 6) is 1.22. The lowest BCUT2D eigenvalue weighted by Gasteiger charge is -2.08. The average Bonchev–Trinajstić information content (AvgIpc) is 3.08. The van der Waals surface area contributed by atoms with E-state index >= 15 is 0 Å². The van der Waals surface area contributed by atoms with E-state index in [2.05, 4.69) is 20.7 Å². The molecule has 29 heavy (non-hydrogen) atoms. The van der Waals surface area contributed by atoms with E-state index in [0.717, 1.165) is 17.0 Å². The van der Waals surface area contributed by atoms with Crippen molar-refractivity contribution in [2.45, 2.75) is 13.5 Å². The second-order valence-corrected chi connectivity index (χ2v) is 6.56. The molecule has 0 unspecified atom stereocenters. The van der Waals surface area contributed by atoms with E-state index in [1.807, 2.05) is 66.7 Å². The Morgan fingerprint density at radius 2 is 1.79 bits per heavy atom. The third-order valence-corrected chi connectivity index (χ3v) is 4.53. The summed E-state index contributed by atoms with van der Waals surface area (Å²) in [5, 5.41) is 10.7. The lowest BCUT2D eigenvalue weighted by Crippen LogP contribution is -2.17. The summed E-state index contributed by atoms with van der Waals surface area (Å²) in [6.45, 7) is 2.40. The second-order valence-electron chi connectivity index (χ2n) is 6.56. The second kappa shape index (κ2) is 8.02. The average molecular weight is 387 g/mol. The van der Waals surface area contributed by atoms with E-state index in [1.165, 1.54) is 0 Å². The number of imidazole rings is 1. The molecule has 0 fully saturated rings. The van der Waals surface area contributed by atoms with Crippen LogP contribution in [0.2, 0.25) is 0 Å². The largest absolute Gasteiger partial charge is 0.497 e. The topological polar surface area (TPSA) is 80.5 Å². The minimum atomic E-state index is -0.249. The molecule has 0 atom stereocenters. The monoisotopic (exact) mass is 387 g/mol. The van der Waals surface area contributed by atoms with Crippen LogP contribution in [0.4, 0.5) is 11.5 Å². The first kappa shape index (κ1) is 18.5. The Kier molecular flexibility index (Phi) is 5.11. The predicted octanol–water partition coefficient (Wildman–Crippen LogP) is 3.91. The molecule has 2 N–H and O–H groups in total. The highest BCUT2D eigenvalue weighted by Gasteiger charge is 2.18. The number of anilines is 2. The first-order chi connectivity index (χ1) is 14.1. The number of nitrogens with zero attached hydrogens (tertiary/aromatic N) is 3. The Balaban J connectivity index is 1.56. The molecule has 4 aromatic rings. The first-order valence-corrected chi connectivity index (χ1v) is 9.23. The maximum absolute atomic E-state index is 12.8. The smallest absolute Gasteiger partial charge is 0.276 e. The number of carbonyl (C=O) groups excluding carboxylic acids is 1. The molecule has 1 amide bonds. The zero-order valence-corrected chi connectivity index (χ0v) is 16.2. The van der Waals surface area contributed by atoms with Crippen LogP contribution in [0.5, 0.6) is 5.75 Å². The number of amides is 1.